The Morgan fingerprint density at radius 2 is 1.72 bits per heavy atom. The van der Waals surface area contributed by atoms with Gasteiger partial charge in [-0.2, -0.15) is 0 Å². The van der Waals surface area contributed by atoms with Gasteiger partial charge >= 0.3 is 0 Å². The van der Waals surface area contributed by atoms with E-state index in [2.05, 4.69) is 21.2 Å². The fourth-order valence-electron chi connectivity index (χ4n) is 1.15. The molecule has 0 saturated carbocycles. The third-order valence-electron chi connectivity index (χ3n) is 2.68. The highest BCUT2D eigenvalue weighted by molar-refractivity contribution is 9.09. The molecule has 100 valence electrons. The summed E-state index contributed by atoms with van der Waals surface area (Å²) in [4.78, 5) is 11.7. The molecule has 1 aromatic carbocycles. The number of carbonyl (C=O) groups is 1. The second kappa shape index (κ2) is 5.30. The van der Waals surface area contributed by atoms with Crippen molar-refractivity contribution in [3.8, 4) is 0 Å². The number of benzene rings is 1. The average Bonchev–Trinajstić information content (AvgIpc) is 2.24. The minimum atomic E-state index is -1.58. The van der Waals surface area contributed by atoms with Crippen LogP contribution < -0.4 is 5.32 Å². The molecule has 18 heavy (non-hydrogen) atoms. The van der Waals surface area contributed by atoms with Gasteiger partial charge in [-0.1, -0.05) is 22.9 Å². The first-order chi connectivity index (χ1) is 8.15. The van der Waals surface area contributed by atoms with Crippen LogP contribution >= 0.6 is 15.9 Å². The molecule has 0 aliphatic carbocycles. The molecule has 2 nitrogen and oxygen atoms in total. The maximum absolute atomic E-state index is 13.0. The molecule has 0 bridgehead atoms. The molecule has 1 rings (SSSR count). The number of halogens is 4. The Morgan fingerprint density at radius 3 is 2.11 bits per heavy atom. The SMILES string of the molecule is CC(Br)C(C)(C)NC(=O)c1cc(F)c(F)c(F)c1. The minimum Gasteiger partial charge on any atom is -0.346 e. The largest absolute Gasteiger partial charge is 0.346 e. The van der Waals surface area contributed by atoms with Crippen LogP contribution in [0.25, 0.3) is 0 Å². The first-order valence-corrected chi connectivity index (χ1v) is 6.18. The van der Waals surface area contributed by atoms with E-state index in [0.29, 0.717) is 12.1 Å². The number of amides is 1. The first kappa shape index (κ1) is 15.0. The van der Waals surface area contributed by atoms with Crippen LogP contribution in [0.5, 0.6) is 0 Å². The van der Waals surface area contributed by atoms with Crippen LogP contribution in [0, 0.1) is 17.5 Å². The van der Waals surface area contributed by atoms with Crippen molar-refractivity contribution >= 4 is 21.8 Å². The minimum absolute atomic E-state index is 0.0518. The predicted molar refractivity (Wildman–Crippen MR) is 66.3 cm³/mol. The lowest BCUT2D eigenvalue weighted by Crippen LogP contribution is -2.48. The highest BCUT2D eigenvalue weighted by atomic mass is 79.9. The highest BCUT2D eigenvalue weighted by Crippen LogP contribution is 2.19. The molecule has 0 saturated heterocycles. The van der Waals surface area contributed by atoms with E-state index < -0.39 is 28.9 Å². The summed E-state index contributed by atoms with van der Waals surface area (Å²) in [6, 6.07) is 1.34. The van der Waals surface area contributed by atoms with Gasteiger partial charge in [-0.3, -0.25) is 4.79 Å². The monoisotopic (exact) mass is 323 g/mol. The van der Waals surface area contributed by atoms with E-state index in [1.807, 2.05) is 6.92 Å². The maximum Gasteiger partial charge on any atom is 0.251 e. The van der Waals surface area contributed by atoms with Gasteiger partial charge in [0.15, 0.2) is 17.5 Å². The summed E-state index contributed by atoms with van der Waals surface area (Å²) in [6.07, 6.45) is 0. The van der Waals surface area contributed by atoms with Gasteiger partial charge in [-0.25, -0.2) is 13.2 Å². The molecule has 0 aliphatic heterocycles. The molecule has 1 amide bonds. The Kier molecular flexibility index (Phi) is 4.42. The van der Waals surface area contributed by atoms with Crippen molar-refractivity contribution < 1.29 is 18.0 Å². The normalized spacial score (nSPS) is 13.3. The first-order valence-electron chi connectivity index (χ1n) is 5.26. The van der Waals surface area contributed by atoms with Crippen molar-refractivity contribution in [2.24, 2.45) is 0 Å². The van der Waals surface area contributed by atoms with Crippen LogP contribution in [0.15, 0.2) is 12.1 Å². The Morgan fingerprint density at radius 1 is 1.28 bits per heavy atom. The fourth-order valence-corrected chi connectivity index (χ4v) is 1.27. The molecule has 0 heterocycles. The van der Waals surface area contributed by atoms with E-state index in [1.54, 1.807) is 13.8 Å². The lowest BCUT2D eigenvalue weighted by molar-refractivity contribution is 0.0912. The number of hydrogen-bond donors (Lipinski definition) is 1. The second-order valence-electron chi connectivity index (χ2n) is 4.55. The zero-order valence-corrected chi connectivity index (χ0v) is 11.7. The molecule has 1 unspecified atom stereocenters. The van der Waals surface area contributed by atoms with Crippen LogP contribution in [0.3, 0.4) is 0 Å². The van der Waals surface area contributed by atoms with Gasteiger partial charge in [0.2, 0.25) is 0 Å². The zero-order chi connectivity index (χ0) is 14.1. The fraction of sp³-hybridized carbons (Fsp3) is 0.417. The second-order valence-corrected chi connectivity index (χ2v) is 5.92. The van der Waals surface area contributed by atoms with Crippen molar-refractivity contribution in [1.82, 2.24) is 5.32 Å². The smallest absolute Gasteiger partial charge is 0.251 e. The molecule has 0 fully saturated rings. The van der Waals surface area contributed by atoms with Crippen LogP contribution in [0.4, 0.5) is 13.2 Å². The van der Waals surface area contributed by atoms with E-state index in [1.165, 1.54) is 0 Å². The Hall–Kier alpha value is -1.04. The van der Waals surface area contributed by atoms with Gasteiger partial charge < -0.3 is 5.32 Å². The van der Waals surface area contributed by atoms with Gasteiger partial charge in [-0.05, 0) is 26.0 Å². The summed E-state index contributed by atoms with van der Waals surface area (Å²) in [5, 5.41) is 2.60. The third kappa shape index (κ3) is 3.25. The Labute approximate surface area is 112 Å². The summed E-state index contributed by atoms with van der Waals surface area (Å²) in [5.74, 6) is -5.02. The van der Waals surface area contributed by atoms with Gasteiger partial charge in [-0.15, -0.1) is 0 Å². The summed E-state index contributed by atoms with van der Waals surface area (Å²) < 4.78 is 38.7. The molecular formula is C12H13BrF3NO. The van der Waals surface area contributed by atoms with Crippen molar-refractivity contribution in [2.45, 2.75) is 31.1 Å². The Balaban J connectivity index is 2.99. The van der Waals surface area contributed by atoms with Crippen LogP contribution in [-0.2, 0) is 0 Å². The van der Waals surface area contributed by atoms with Gasteiger partial charge in [0.25, 0.3) is 5.91 Å². The summed E-state index contributed by atoms with van der Waals surface area (Å²) >= 11 is 3.31. The number of carbonyl (C=O) groups excluding carboxylic acids is 1. The lowest BCUT2D eigenvalue weighted by Gasteiger charge is -2.29. The summed E-state index contributed by atoms with van der Waals surface area (Å²) in [7, 11) is 0. The maximum atomic E-state index is 13.0. The number of hydrogen-bond acceptors (Lipinski definition) is 1. The Bertz CT molecular complexity index is 451. The van der Waals surface area contributed by atoms with E-state index in [9.17, 15) is 18.0 Å². The third-order valence-corrected chi connectivity index (χ3v) is 3.82. The van der Waals surface area contributed by atoms with E-state index in [-0.39, 0.29) is 10.4 Å². The molecular weight excluding hydrogens is 311 g/mol. The van der Waals surface area contributed by atoms with Crippen molar-refractivity contribution in [1.29, 1.82) is 0 Å². The molecule has 1 aromatic rings. The molecule has 0 spiro atoms. The highest BCUT2D eigenvalue weighted by Gasteiger charge is 2.27. The van der Waals surface area contributed by atoms with Gasteiger partial charge in [0.05, 0.1) is 0 Å². The predicted octanol–water partition coefficient (Wildman–Crippen LogP) is 3.40. The molecule has 1 atom stereocenters. The van der Waals surface area contributed by atoms with Crippen molar-refractivity contribution in [2.75, 3.05) is 0 Å². The number of alkyl halides is 1. The number of nitrogens with one attached hydrogen (secondary N) is 1. The standard InChI is InChI=1S/C12H13BrF3NO/c1-6(13)12(2,3)17-11(18)7-4-8(14)10(16)9(15)5-7/h4-6H,1-3H3,(H,17,18). The zero-order valence-electron chi connectivity index (χ0n) is 10.2. The van der Waals surface area contributed by atoms with Crippen LogP contribution in [0.1, 0.15) is 31.1 Å². The molecule has 1 N–H and O–H groups in total. The van der Waals surface area contributed by atoms with E-state index >= 15 is 0 Å². The topological polar surface area (TPSA) is 29.1 Å². The lowest BCUT2D eigenvalue weighted by atomic mass is 10.0. The average molecular weight is 324 g/mol. The molecule has 0 radical (unpaired) electrons. The van der Waals surface area contributed by atoms with E-state index in [0.717, 1.165) is 0 Å². The van der Waals surface area contributed by atoms with E-state index in [4.69, 9.17) is 0 Å². The van der Waals surface area contributed by atoms with Crippen molar-refractivity contribution in [3.63, 3.8) is 0 Å². The summed E-state index contributed by atoms with van der Waals surface area (Å²) in [6.45, 7) is 5.33. The number of rotatable bonds is 3. The quantitative estimate of drug-likeness (QED) is 0.670. The van der Waals surface area contributed by atoms with Crippen molar-refractivity contribution in [3.05, 3.63) is 35.1 Å². The van der Waals surface area contributed by atoms with Gasteiger partial charge in [0.1, 0.15) is 0 Å². The molecule has 0 aliphatic rings. The summed E-state index contributed by atoms with van der Waals surface area (Å²) in [5.41, 5.74) is -0.870. The van der Waals surface area contributed by atoms with Gasteiger partial charge in [0, 0.05) is 15.9 Å². The van der Waals surface area contributed by atoms with Crippen LogP contribution in [0.2, 0.25) is 0 Å². The molecule has 0 aromatic heterocycles. The molecule has 6 heteroatoms. The van der Waals surface area contributed by atoms with Crippen LogP contribution in [-0.4, -0.2) is 16.3 Å².